The van der Waals surface area contributed by atoms with E-state index in [4.69, 9.17) is 4.98 Å². The summed E-state index contributed by atoms with van der Waals surface area (Å²) >= 11 is 1.84. The molecule has 49 heavy (non-hydrogen) atoms. The largest absolute Gasteiger partial charge is 0.291 e. The standard InChI is InChI=1S/C45H37BN2S/c1-26-19-28(3)42(29(4)20-26)46(43-30(5)21-27(2)22-31(43)6)35-17-15-32(16-18-35)39-25-37-36-13-9-10-14-41(36)49-44(37)45-47-38-23-33-11-7-8-12-34(33)24-40(38)48(39)45/h7-25H,1-6H3. The highest BCUT2D eigenvalue weighted by Crippen LogP contribution is 2.40. The Morgan fingerprint density at radius 1 is 0.571 bits per heavy atom. The molecule has 0 N–H and O–H groups in total. The predicted octanol–water partition coefficient (Wildman–Crippen LogP) is 10.0. The van der Waals surface area contributed by atoms with E-state index in [-0.39, 0.29) is 6.71 Å². The number of nitrogens with zero attached hydrogens (tertiary/aromatic N) is 2. The molecule has 0 aliphatic carbocycles. The van der Waals surface area contributed by atoms with Crippen LogP contribution in [0.3, 0.4) is 0 Å². The van der Waals surface area contributed by atoms with Crippen molar-refractivity contribution in [2.45, 2.75) is 41.5 Å². The number of rotatable bonds is 4. The molecular formula is C45H37BN2S. The van der Waals surface area contributed by atoms with Crippen molar-refractivity contribution in [1.82, 2.24) is 9.38 Å². The van der Waals surface area contributed by atoms with Crippen molar-refractivity contribution in [1.29, 1.82) is 0 Å². The molecule has 0 amide bonds. The van der Waals surface area contributed by atoms with Crippen molar-refractivity contribution >= 4 is 82.1 Å². The number of hydrogen-bond donors (Lipinski definition) is 0. The monoisotopic (exact) mass is 648 g/mol. The molecule has 0 atom stereocenters. The Morgan fingerprint density at radius 3 is 1.78 bits per heavy atom. The van der Waals surface area contributed by atoms with Crippen molar-refractivity contribution in [2.24, 2.45) is 0 Å². The lowest BCUT2D eigenvalue weighted by Gasteiger charge is -2.25. The summed E-state index contributed by atoms with van der Waals surface area (Å²) in [7, 11) is 0. The molecule has 0 fully saturated rings. The van der Waals surface area contributed by atoms with E-state index in [1.54, 1.807) is 0 Å². The molecule has 0 saturated carbocycles. The van der Waals surface area contributed by atoms with Gasteiger partial charge in [-0.1, -0.05) is 141 Å². The van der Waals surface area contributed by atoms with Crippen LogP contribution in [0.2, 0.25) is 0 Å². The maximum Gasteiger partial charge on any atom is 0.242 e. The van der Waals surface area contributed by atoms with Gasteiger partial charge in [0, 0.05) is 15.5 Å². The van der Waals surface area contributed by atoms with Crippen LogP contribution < -0.4 is 16.4 Å². The molecule has 236 valence electrons. The third kappa shape index (κ3) is 4.73. The van der Waals surface area contributed by atoms with E-state index in [0.717, 1.165) is 22.4 Å². The van der Waals surface area contributed by atoms with Crippen LogP contribution in [0, 0.1) is 41.5 Å². The number of aryl methyl sites for hydroxylation is 6. The van der Waals surface area contributed by atoms with Crippen LogP contribution >= 0.6 is 11.3 Å². The summed E-state index contributed by atoms with van der Waals surface area (Å²) in [6.45, 7) is 13.7. The Bertz CT molecular complexity index is 2670. The molecule has 0 aliphatic heterocycles. The quantitative estimate of drug-likeness (QED) is 0.174. The zero-order valence-corrected chi connectivity index (χ0v) is 29.7. The highest BCUT2D eigenvalue weighted by molar-refractivity contribution is 7.26. The zero-order valence-electron chi connectivity index (χ0n) is 28.8. The van der Waals surface area contributed by atoms with Crippen LogP contribution in [-0.2, 0) is 0 Å². The van der Waals surface area contributed by atoms with Crippen molar-refractivity contribution < 1.29 is 0 Å². The van der Waals surface area contributed by atoms with Gasteiger partial charge in [0.2, 0.25) is 6.71 Å². The first-order valence-electron chi connectivity index (χ1n) is 17.2. The van der Waals surface area contributed by atoms with Gasteiger partial charge in [-0.3, -0.25) is 4.40 Å². The van der Waals surface area contributed by atoms with Crippen molar-refractivity contribution in [3.63, 3.8) is 0 Å². The van der Waals surface area contributed by atoms with E-state index in [2.05, 4.69) is 161 Å². The second-order valence-corrected chi connectivity index (χ2v) is 15.1. The van der Waals surface area contributed by atoms with Crippen LogP contribution in [0.15, 0.2) is 115 Å². The van der Waals surface area contributed by atoms with E-state index in [9.17, 15) is 0 Å². The van der Waals surface area contributed by atoms with E-state index < -0.39 is 0 Å². The lowest BCUT2D eigenvalue weighted by molar-refractivity contribution is 1.25. The van der Waals surface area contributed by atoms with E-state index in [1.807, 2.05) is 11.3 Å². The molecule has 0 aliphatic rings. The van der Waals surface area contributed by atoms with Crippen molar-refractivity contribution in [3.8, 4) is 11.3 Å². The molecule has 0 saturated heterocycles. The number of aromatic nitrogens is 2. The molecule has 9 rings (SSSR count). The molecule has 6 aromatic carbocycles. The lowest BCUT2D eigenvalue weighted by atomic mass is 9.34. The number of fused-ring (bicyclic) bond motifs is 8. The second kappa shape index (κ2) is 11.2. The first kappa shape index (κ1) is 29.9. The fourth-order valence-electron chi connectivity index (χ4n) is 8.56. The van der Waals surface area contributed by atoms with Gasteiger partial charge >= 0.3 is 0 Å². The van der Waals surface area contributed by atoms with Gasteiger partial charge in [0.25, 0.3) is 0 Å². The van der Waals surface area contributed by atoms with Crippen molar-refractivity contribution in [3.05, 3.63) is 149 Å². The smallest absolute Gasteiger partial charge is 0.242 e. The van der Waals surface area contributed by atoms with Gasteiger partial charge in [0.05, 0.1) is 21.4 Å². The molecule has 0 radical (unpaired) electrons. The molecule has 0 unspecified atom stereocenters. The summed E-state index contributed by atoms with van der Waals surface area (Å²) in [5.74, 6) is 0. The Balaban J connectivity index is 1.30. The van der Waals surface area contributed by atoms with Crippen LogP contribution in [0.25, 0.3) is 58.9 Å². The van der Waals surface area contributed by atoms with Gasteiger partial charge in [-0.25, -0.2) is 4.98 Å². The summed E-state index contributed by atoms with van der Waals surface area (Å²) in [4.78, 5) is 5.33. The third-order valence-electron chi connectivity index (χ3n) is 10.5. The minimum absolute atomic E-state index is 0.138. The Kier molecular flexibility index (Phi) is 6.83. The number of thiophene rings is 1. The second-order valence-electron chi connectivity index (χ2n) is 14.0. The van der Waals surface area contributed by atoms with Gasteiger partial charge in [0.1, 0.15) is 0 Å². The van der Waals surface area contributed by atoms with Crippen LogP contribution in [0.1, 0.15) is 33.4 Å². The maximum atomic E-state index is 5.33. The minimum Gasteiger partial charge on any atom is -0.291 e. The normalized spacial score (nSPS) is 11.9. The molecular weight excluding hydrogens is 611 g/mol. The number of pyridine rings is 1. The minimum atomic E-state index is 0.138. The topological polar surface area (TPSA) is 17.3 Å². The lowest BCUT2D eigenvalue weighted by Crippen LogP contribution is -2.55. The van der Waals surface area contributed by atoms with E-state index in [0.29, 0.717) is 0 Å². The summed E-state index contributed by atoms with van der Waals surface area (Å²) < 4.78 is 4.92. The summed E-state index contributed by atoms with van der Waals surface area (Å²) in [5.41, 5.74) is 17.7. The van der Waals surface area contributed by atoms with Gasteiger partial charge in [-0.05, 0) is 82.1 Å². The van der Waals surface area contributed by atoms with Gasteiger partial charge in [0.15, 0.2) is 5.65 Å². The number of benzene rings is 6. The van der Waals surface area contributed by atoms with Gasteiger partial charge < -0.3 is 0 Å². The van der Waals surface area contributed by atoms with Crippen LogP contribution in [0.5, 0.6) is 0 Å². The van der Waals surface area contributed by atoms with Crippen molar-refractivity contribution in [2.75, 3.05) is 0 Å². The Labute approximate surface area is 291 Å². The van der Waals surface area contributed by atoms with E-state index >= 15 is 0 Å². The summed E-state index contributed by atoms with van der Waals surface area (Å²) in [6.07, 6.45) is 0. The average Bonchev–Trinajstić information content (AvgIpc) is 3.64. The fourth-order valence-corrected chi connectivity index (χ4v) is 9.73. The molecule has 9 aromatic rings. The van der Waals surface area contributed by atoms with Gasteiger partial charge in [-0.2, -0.15) is 0 Å². The highest BCUT2D eigenvalue weighted by Gasteiger charge is 2.28. The predicted molar refractivity (Wildman–Crippen MR) is 214 cm³/mol. The highest BCUT2D eigenvalue weighted by atomic mass is 32.1. The third-order valence-corrected chi connectivity index (χ3v) is 11.7. The molecule has 3 heterocycles. The summed E-state index contributed by atoms with van der Waals surface area (Å²) in [6, 6.07) is 43.1. The molecule has 0 bridgehead atoms. The van der Waals surface area contributed by atoms with E-state index in [1.165, 1.54) is 86.3 Å². The molecule has 0 spiro atoms. The first-order valence-corrected chi connectivity index (χ1v) is 18.0. The number of imidazole rings is 1. The Hall–Kier alpha value is -5.19. The van der Waals surface area contributed by atoms with Crippen LogP contribution in [0.4, 0.5) is 0 Å². The molecule has 2 nitrogen and oxygen atoms in total. The SMILES string of the molecule is Cc1cc(C)c(B(c2ccc(-c3cc4c5ccccc5sc4c4nc5cc6ccccc6cc5n34)cc2)c2c(C)cc(C)cc2C)c(C)c1. The number of hydrogen-bond acceptors (Lipinski definition) is 2. The van der Waals surface area contributed by atoms with Crippen LogP contribution in [-0.4, -0.2) is 16.1 Å². The average molecular weight is 649 g/mol. The zero-order chi connectivity index (χ0) is 33.6. The fraction of sp³-hybridized carbons (Fsp3) is 0.133. The summed E-state index contributed by atoms with van der Waals surface area (Å²) in [5, 5.41) is 4.99. The Morgan fingerprint density at radius 2 is 1.14 bits per heavy atom. The molecule has 3 aromatic heterocycles. The van der Waals surface area contributed by atoms with Gasteiger partial charge in [-0.15, -0.1) is 11.3 Å². The first-order chi connectivity index (χ1) is 23.7. The molecule has 4 heteroatoms. The maximum absolute atomic E-state index is 5.33.